The minimum Gasteiger partial charge on any atom is -0.371 e. The number of hydrogen-bond acceptors (Lipinski definition) is 6. The van der Waals surface area contributed by atoms with Crippen LogP contribution in [-0.2, 0) is 14.8 Å². The number of hydrogen-bond donors (Lipinski definition) is 1. The molecule has 0 aromatic heterocycles. The molecular formula is C21H26N4O5S. The quantitative estimate of drug-likeness (QED) is 0.517. The molecular weight excluding hydrogens is 420 g/mol. The minimum atomic E-state index is -3.62. The Morgan fingerprint density at radius 2 is 1.68 bits per heavy atom. The Labute approximate surface area is 181 Å². The summed E-state index contributed by atoms with van der Waals surface area (Å²) in [6.07, 6.45) is 0. The SMILES string of the molecule is CC(C)c1ccc(S(=O)(=O)N2CCN(C(=O)CNc3ccccc3[N+](=O)[O-])CC2)cc1. The van der Waals surface area contributed by atoms with Gasteiger partial charge < -0.3 is 10.2 Å². The molecule has 2 aromatic rings. The van der Waals surface area contributed by atoms with E-state index in [2.05, 4.69) is 5.32 Å². The van der Waals surface area contributed by atoms with Crippen LogP contribution in [0.15, 0.2) is 53.4 Å². The van der Waals surface area contributed by atoms with Crippen LogP contribution in [0.4, 0.5) is 11.4 Å². The number of nitrogens with one attached hydrogen (secondary N) is 1. The van der Waals surface area contributed by atoms with E-state index in [0.717, 1.165) is 5.56 Å². The molecule has 31 heavy (non-hydrogen) atoms. The van der Waals surface area contributed by atoms with Crippen LogP contribution in [0.5, 0.6) is 0 Å². The van der Waals surface area contributed by atoms with E-state index in [4.69, 9.17) is 0 Å². The van der Waals surface area contributed by atoms with Gasteiger partial charge in [0, 0.05) is 32.2 Å². The Morgan fingerprint density at radius 1 is 1.06 bits per heavy atom. The molecule has 1 saturated heterocycles. The molecule has 0 radical (unpaired) electrons. The number of carbonyl (C=O) groups excluding carboxylic acids is 1. The van der Waals surface area contributed by atoms with Crippen molar-refractivity contribution in [3.8, 4) is 0 Å². The first kappa shape index (κ1) is 22.7. The Hall–Kier alpha value is -2.98. The fourth-order valence-corrected chi connectivity index (χ4v) is 4.84. The van der Waals surface area contributed by atoms with Crippen LogP contribution in [-0.4, -0.2) is 61.2 Å². The highest BCUT2D eigenvalue weighted by Crippen LogP contribution is 2.23. The van der Waals surface area contributed by atoms with E-state index >= 15 is 0 Å². The molecule has 1 fully saturated rings. The Bertz CT molecular complexity index is 1050. The maximum atomic E-state index is 12.9. The van der Waals surface area contributed by atoms with E-state index in [-0.39, 0.29) is 54.9 Å². The van der Waals surface area contributed by atoms with Gasteiger partial charge in [0.2, 0.25) is 15.9 Å². The summed E-state index contributed by atoms with van der Waals surface area (Å²) in [6.45, 7) is 4.92. The van der Waals surface area contributed by atoms with Crippen molar-refractivity contribution >= 4 is 27.3 Å². The summed E-state index contributed by atoms with van der Waals surface area (Å²) in [5, 5.41) is 13.9. The highest BCUT2D eigenvalue weighted by Gasteiger charge is 2.30. The Kier molecular flexibility index (Phi) is 6.91. The average Bonchev–Trinajstić information content (AvgIpc) is 2.77. The minimum absolute atomic E-state index is 0.102. The lowest BCUT2D eigenvalue weighted by Gasteiger charge is -2.34. The van der Waals surface area contributed by atoms with Crippen LogP contribution in [0.1, 0.15) is 25.3 Å². The van der Waals surface area contributed by atoms with Gasteiger partial charge >= 0.3 is 0 Å². The first-order valence-electron chi connectivity index (χ1n) is 10.1. The summed E-state index contributed by atoms with van der Waals surface area (Å²) in [5.74, 6) is 0.0775. The monoisotopic (exact) mass is 446 g/mol. The van der Waals surface area contributed by atoms with Crippen LogP contribution >= 0.6 is 0 Å². The molecule has 0 bridgehead atoms. The van der Waals surface area contributed by atoms with Gasteiger partial charge in [-0.15, -0.1) is 0 Å². The number of amides is 1. The number of para-hydroxylation sites is 2. The number of piperazine rings is 1. The smallest absolute Gasteiger partial charge is 0.292 e. The Balaban J connectivity index is 1.57. The molecule has 2 aromatic carbocycles. The number of benzene rings is 2. The molecule has 1 N–H and O–H groups in total. The van der Waals surface area contributed by atoms with Crippen molar-refractivity contribution < 1.29 is 18.1 Å². The third kappa shape index (κ3) is 5.20. The molecule has 1 heterocycles. The number of anilines is 1. The highest BCUT2D eigenvalue weighted by atomic mass is 32.2. The zero-order chi connectivity index (χ0) is 22.6. The molecule has 9 nitrogen and oxygen atoms in total. The largest absolute Gasteiger partial charge is 0.371 e. The summed E-state index contributed by atoms with van der Waals surface area (Å²) < 4.78 is 27.2. The van der Waals surface area contributed by atoms with Crippen molar-refractivity contribution in [3.63, 3.8) is 0 Å². The molecule has 0 unspecified atom stereocenters. The molecule has 166 valence electrons. The topological polar surface area (TPSA) is 113 Å². The molecule has 1 aliphatic rings. The number of sulfonamides is 1. The van der Waals surface area contributed by atoms with Crippen molar-refractivity contribution in [1.29, 1.82) is 0 Å². The van der Waals surface area contributed by atoms with Crippen molar-refractivity contribution in [1.82, 2.24) is 9.21 Å². The predicted octanol–water partition coefficient (Wildman–Crippen LogP) is 2.66. The maximum Gasteiger partial charge on any atom is 0.292 e. The van der Waals surface area contributed by atoms with Crippen LogP contribution in [0.25, 0.3) is 0 Å². The van der Waals surface area contributed by atoms with Gasteiger partial charge in [0.25, 0.3) is 5.69 Å². The van der Waals surface area contributed by atoms with Gasteiger partial charge in [0.15, 0.2) is 0 Å². The fourth-order valence-electron chi connectivity index (χ4n) is 3.42. The summed E-state index contributed by atoms with van der Waals surface area (Å²) >= 11 is 0. The van der Waals surface area contributed by atoms with E-state index in [0.29, 0.717) is 5.92 Å². The van der Waals surface area contributed by atoms with Crippen LogP contribution in [0, 0.1) is 10.1 Å². The van der Waals surface area contributed by atoms with Gasteiger partial charge in [-0.25, -0.2) is 8.42 Å². The summed E-state index contributed by atoms with van der Waals surface area (Å²) in [5.41, 5.74) is 1.24. The van der Waals surface area contributed by atoms with E-state index in [1.807, 2.05) is 26.0 Å². The van der Waals surface area contributed by atoms with Crippen molar-refractivity contribution in [2.75, 3.05) is 38.0 Å². The van der Waals surface area contributed by atoms with Crippen molar-refractivity contribution in [2.45, 2.75) is 24.7 Å². The van der Waals surface area contributed by atoms with Crippen molar-refractivity contribution in [3.05, 3.63) is 64.2 Å². The van der Waals surface area contributed by atoms with Crippen molar-refractivity contribution in [2.24, 2.45) is 0 Å². The normalized spacial score (nSPS) is 15.1. The molecule has 0 aliphatic carbocycles. The molecule has 0 atom stereocenters. The molecule has 1 aliphatic heterocycles. The standard InChI is InChI=1S/C21H26N4O5S/c1-16(2)17-7-9-18(10-8-17)31(29,30)24-13-11-23(12-14-24)21(26)15-22-19-5-3-4-6-20(19)25(27)28/h3-10,16,22H,11-15H2,1-2H3. The summed E-state index contributed by atoms with van der Waals surface area (Å²) in [6, 6.07) is 13.0. The number of nitrogens with zero attached hydrogens (tertiary/aromatic N) is 3. The lowest BCUT2D eigenvalue weighted by atomic mass is 10.0. The fraction of sp³-hybridized carbons (Fsp3) is 0.381. The number of rotatable bonds is 7. The number of nitro benzene ring substituents is 1. The first-order valence-corrected chi connectivity index (χ1v) is 11.5. The average molecular weight is 447 g/mol. The second kappa shape index (κ2) is 9.44. The van der Waals surface area contributed by atoms with Gasteiger partial charge in [-0.3, -0.25) is 14.9 Å². The van der Waals surface area contributed by atoms with E-state index in [9.17, 15) is 23.3 Å². The van der Waals surface area contributed by atoms with E-state index < -0.39 is 14.9 Å². The Morgan fingerprint density at radius 3 is 2.26 bits per heavy atom. The van der Waals surface area contributed by atoms with Crippen LogP contribution in [0.2, 0.25) is 0 Å². The number of nitro groups is 1. The predicted molar refractivity (Wildman–Crippen MR) is 117 cm³/mol. The van der Waals surface area contributed by atoms with Gasteiger partial charge in [-0.1, -0.05) is 38.1 Å². The van der Waals surface area contributed by atoms with E-state index in [1.165, 1.54) is 10.4 Å². The lowest BCUT2D eigenvalue weighted by molar-refractivity contribution is -0.383. The van der Waals surface area contributed by atoms with Gasteiger partial charge in [-0.2, -0.15) is 4.31 Å². The molecule has 10 heteroatoms. The summed E-state index contributed by atoms with van der Waals surface area (Å²) in [7, 11) is -3.62. The van der Waals surface area contributed by atoms with Crippen LogP contribution in [0.3, 0.4) is 0 Å². The third-order valence-corrected chi connectivity index (χ3v) is 7.22. The molecule has 0 spiro atoms. The second-order valence-corrected chi connectivity index (χ2v) is 9.57. The molecule has 1 amide bonds. The van der Waals surface area contributed by atoms with Gasteiger partial charge in [-0.05, 0) is 29.7 Å². The zero-order valence-electron chi connectivity index (χ0n) is 17.5. The third-order valence-electron chi connectivity index (χ3n) is 5.31. The second-order valence-electron chi connectivity index (χ2n) is 7.64. The van der Waals surface area contributed by atoms with Crippen LogP contribution < -0.4 is 5.32 Å². The lowest BCUT2D eigenvalue weighted by Crippen LogP contribution is -2.51. The molecule has 0 saturated carbocycles. The molecule has 3 rings (SSSR count). The maximum absolute atomic E-state index is 12.9. The first-order chi connectivity index (χ1) is 14.7. The van der Waals surface area contributed by atoms with Gasteiger partial charge in [0.1, 0.15) is 5.69 Å². The summed E-state index contributed by atoms with van der Waals surface area (Å²) in [4.78, 5) is 24.9. The van der Waals surface area contributed by atoms with E-state index in [1.54, 1.807) is 35.2 Å². The zero-order valence-corrected chi connectivity index (χ0v) is 18.3. The highest BCUT2D eigenvalue weighted by molar-refractivity contribution is 7.89. The number of carbonyl (C=O) groups is 1. The van der Waals surface area contributed by atoms with Gasteiger partial charge in [0.05, 0.1) is 16.4 Å².